The first kappa shape index (κ1) is 41.1. The van der Waals surface area contributed by atoms with Crippen molar-refractivity contribution in [2.45, 2.75) is 129 Å². The summed E-state index contributed by atoms with van der Waals surface area (Å²) in [5.74, 6) is 0.578. The highest BCUT2D eigenvalue weighted by Gasteiger charge is 2.39. The maximum absolute atomic E-state index is 10.8. The average Bonchev–Trinajstić information content (AvgIpc) is 2.81. The maximum Gasteiger partial charge on any atom is 0.362 e. The van der Waals surface area contributed by atoms with Crippen LogP contribution in [0.5, 0.6) is 11.5 Å². The minimum atomic E-state index is -2.43. The van der Waals surface area contributed by atoms with E-state index in [4.69, 9.17) is 16.5 Å². The number of phenols is 2. The number of hydrogen-bond donors (Lipinski definition) is 2. The molecule has 2 aromatic carbocycles. The standard InChI is InChI=1S/C34H63O6Si6/c1-34(2,30-20-22-32(35)28(26-30)18-16-24-41(37-42(3,4)5)38-43(6,7)8)31-21-23-33(36)29(27-31)19-17-25-46(15,39-44(9,10)11)40-45(12,13)14/h17,19-23,26-27,35-36H,16,18,24-25H2,1-15H3/b19-17+. The summed E-state index contributed by atoms with van der Waals surface area (Å²) < 4.78 is 26.3. The van der Waals surface area contributed by atoms with Crippen LogP contribution in [0, 0.1) is 0 Å². The molecule has 2 aromatic rings. The van der Waals surface area contributed by atoms with Crippen LogP contribution in [0.1, 0.15) is 42.5 Å². The summed E-state index contributed by atoms with van der Waals surface area (Å²) in [5.41, 5.74) is 3.59. The van der Waals surface area contributed by atoms with Crippen LogP contribution in [0.4, 0.5) is 0 Å². The molecule has 12 heteroatoms. The predicted molar refractivity (Wildman–Crippen MR) is 210 cm³/mol. The highest BCUT2D eigenvalue weighted by atomic mass is 28.5. The average molecular weight is 736 g/mol. The van der Waals surface area contributed by atoms with Crippen LogP contribution in [0.15, 0.2) is 42.5 Å². The van der Waals surface area contributed by atoms with Gasteiger partial charge < -0.3 is 26.7 Å². The van der Waals surface area contributed by atoms with Gasteiger partial charge >= 0.3 is 17.8 Å². The van der Waals surface area contributed by atoms with Gasteiger partial charge in [-0.15, -0.1) is 0 Å². The Morgan fingerprint density at radius 1 is 0.674 bits per heavy atom. The van der Waals surface area contributed by atoms with Crippen LogP contribution in [0.25, 0.3) is 6.08 Å². The minimum absolute atomic E-state index is 0.251. The van der Waals surface area contributed by atoms with E-state index in [-0.39, 0.29) is 11.2 Å². The van der Waals surface area contributed by atoms with Gasteiger partial charge in [-0.3, -0.25) is 0 Å². The van der Waals surface area contributed by atoms with Crippen LogP contribution in [0.2, 0.25) is 97.2 Å². The van der Waals surface area contributed by atoms with Gasteiger partial charge in [-0.1, -0.05) is 44.2 Å². The number of benzene rings is 2. The van der Waals surface area contributed by atoms with Crippen molar-refractivity contribution in [3.63, 3.8) is 0 Å². The monoisotopic (exact) mass is 735 g/mol. The number of hydrogen-bond acceptors (Lipinski definition) is 6. The third kappa shape index (κ3) is 14.6. The number of rotatable bonds is 17. The van der Waals surface area contributed by atoms with E-state index in [0.29, 0.717) is 5.75 Å². The Hall–Kier alpha value is -1.08. The first-order chi connectivity index (χ1) is 20.7. The van der Waals surface area contributed by atoms with E-state index < -0.39 is 51.1 Å². The van der Waals surface area contributed by atoms with E-state index in [1.54, 1.807) is 6.07 Å². The summed E-state index contributed by atoms with van der Waals surface area (Å²) in [6.07, 6.45) is 5.79. The molecule has 0 fully saturated rings. The van der Waals surface area contributed by atoms with Crippen molar-refractivity contribution >= 4 is 57.2 Å². The fourth-order valence-electron chi connectivity index (χ4n) is 5.45. The largest absolute Gasteiger partial charge is 0.508 e. The fraction of sp³-hybridized carbons (Fsp3) is 0.588. The van der Waals surface area contributed by atoms with Crippen molar-refractivity contribution in [2.75, 3.05) is 0 Å². The summed E-state index contributed by atoms with van der Waals surface area (Å²) in [7, 11) is -10.8. The zero-order valence-electron chi connectivity index (χ0n) is 31.5. The lowest BCUT2D eigenvalue weighted by atomic mass is 9.77. The SMILES string of the molecule is CC(C)(c1ccc(O)c(/C=C/C[Si](C)(O[Si](C)(C)C)O[Si](C)(C)C)c1)c1ccc(O)c(CCC[Si](O[Si](C)(C)C)O[Si](C)(C)C)c1. The van der Waals surface area contributed by atoms with Gasteiger partial charge in [-0.25, -0.2) is 0 Å². The Labute approximate surface area is 288 Å². The second-order valence-corrected chi connectivity index (χ2v) is 41.2. The van der Waals surface area contributed by atoms with Crippen molar-refractivity contribution in [1.82, 2.24) is 0 Å². The Morgan fingerprint density at radius 2 is 1.15 bits per heavy atom. The summed E-state index contributed by atoms with van der Waals surface area (Å²) in [6, 6.07) is 13.5. The molecule has 0 unspecified atom stereocenters. The second kappa shape index (κ2) is 15.6. The maximum atomic E-state index is 10.8. The smallest absolute Gasteiger partial charge is 0.362 e. The van der Waals surface area contributed by atoms with E-state index in [1.807, 2.05) is 24.3 Å². The minimum Gasteiger partial charge on any atom is -0.508 e. The van der Waals surface area contributed by atoms with Gasteiger partial charge in [-0.05, 0) is 139 Å². The zero-order valence-corrected chi connectivity index (χ0v) is 37.5. The molecule has 259 valence electrons. The Balaban J connectivity index is 2.28. The summed E-state index contributed by atoms with van der Waals surface area (Å²) >= 11 is 0. The van der Waals surface area contributed by atoms with Crippen LogP contribution in [0.3, 0.4) is 0 Å². The van der Waals surface area contributed by atoms with Gasteiger partial charge in [-0.2, -0.15) is 0 Å². The molecule has 0 bridgehead atoms. The Kier molecular flexibility index (Phi) is 14.0. The first-order valence-corrected chi connectivity index (χ1v) is 34.3. The normalized spacial score (nSPS) is 14.1. The predicted octanol–water partition coefficient (Wildman–Crippen LogP) is 10.3. The van der Waals surface area contributed by atoms with Crippen molar-refractivity contribution in [1.29, 1.82) is 0 Å². The molecule has 0 amide bonds. The molecular weight excluding hydrogens is 673 g/mol. The van der Waals surface area contributed by atoms with Crippen molar-refractivity contribution in [2.24, 2.45) is 0 Å². The molecule has 0 aliphatic carbocycles. The van der Waals surface area contributed by atoms with Crippen molar-refractivity contribution in [3.05, 3.63) is 64.7 Å². The van der Waals surface area contributed by atoms with Crippen LogP contribution < -0.4 is 0 Å². The van der Waals surface area contributed by atoms with Gasteiger partial charge in [0.2, 0.25) is 0 Å². The molecule has 1 radical (unpaired) electrons. The van der Waals surface area contributed by atoms with Crippen molar-refractivity contribution in [3.8, 4) is 11.5 Å². The molecule has 0 aliphatic rings. The molecule has 0 aromatic heterocycles. The molecule has 6 nitrogen and oxygen atoms in total. The third-order valence-corrected chi connectivity index (χ3v) is 23.9. The molecular formula is C34H63O6Si6. The second-order valence-electron chi connectivity index (χ2n) is 17.1. The summed E-state index contributed by atoms with van der Waals surface area (Å²) in [6.45, 7) is 33.2. The molecule has 2 N–H and O–H groups in total. The van der Waals surface area contributed by atoms with Crippen LogP contribution in [-0.2, 0) is 28.3 Å². The molecule has 2 rings (SSSR count). The molecule has 0 spiro atoms. The molecule has 0 heterocycles. The fourth-order valence-corrected chi connectivity index (χ4v) is 24.9. The summed E-state index contributed by atoms with van der Waals surface area (Å²) in [4.78, 5) is 0. The van der Waals surface area contributed by atoms with Crippen molar-refractivity contribution < 1.29 is 26.7 Å². The van der Waals surface area contributed by atoms with Gasteiger partial charge in [0.25, 0.3) is 0 Å². The lowest BCUT2D eigenvalue weighted by molar-refractivity contribution is 0.389. The molecule has 0 saturated heterocycles. The summed E-state index contributed by atoms with van der Waals surface area (Å²) in [5, 5.41) is 21.6. The zero-order chi connectivity index (χ0) is 35.4. The van der Waals surface area contributed by atoms with Gasteiger partial charge in [0.15, 0.2) is 33.3 Å². The number of aromatic hydroxyl groups is 2. The van der Waals surface area contributed by atoms with Gasteiger partial charge in [0.1, 0.15) is 11.5 Å². The quantitative estimate of drug-likeness (QED) is 0.158. The van der Waals surface area contributed by atoms with E-state index >= 15 is 0 Å². The van der Waals surface area contributed by atoms with E-state index in [1.165, 1.54) is 0 Å². The van der Waals surface area contributed by atoms with Crippen LogP contribution in [-0.4, -0.2) is 61.3 Å². The van der Waals surface area contributed by atoms with E-state index in [0.717, 1.165) is 47.2 Å². The van der Waals surface area contributed by atoms with Gasteiger partial charge in [0, 0.05) is 17.0 Å². The number of phenolic OH excluding ortho intramolecular Hbond substituents is 2. The Morgan fingerprint density at radius 3 is 1.63 bits per heavy atom. The lowest BCUT2D eigenvalue weighted by Crippen LogP contribution is -2.52. The highest BCUT2D eigenvalue weighted by Crippen LogP contribution is 2.37. The molecule has 0 atom stereocenters. The lowest BCUT2D eigenvalue weighted by Gasteiger charge is -2.38. The Bertz CT molecular complexity index is 1290. The highest BCUT2D eigenvalue weighted by molar-refractivity contribution is 6.88. The molecule has 46 heavy (non-hydrogen) atoms. The van der Waals surface area contributed by atoms with Crippen LogP contribution >= 0.6 is 0 Å². The topological polar surface area (TPSA) is 77.4 Å². The third-order valence-electron chi connectivity index (χ3n) is 7.05. The van der Waals surface area contributed by atoms with E-state index in [9.17, 15) is 10.2 Å². The molecule has 0 saturated carbocycles. The number of aryl methyl sites for hydroxylation is 1. The number of allylic oxidation sites excluding steroid dienone is 1. The molecule has 0 aliphatic heterocycles. The first-order valence-electron chi connectivity index (χ1n) is 16.6. The van der Waals surface area contributed by atoms with Gasteiger partial charge in [0.05, 0.1) is 0 Å². The van der Waals surface area contributed by atoms with E-state index in [2.05, 4.69) is 117 Å².